The fourth-order valence-electron chi connectivity index (χ4n) is 6.02. The van der Waals surface area contributed by atoms with Crippen LogP contribution in [0.1, 0.15) is 61.7 Å². The molecule has 16 nitrogen and oxygen atoms in total. The van der Waals surface area contributed by atoms with Crippen LogP contribution in [0, 0.1) is 6.92 Å². The maximum absolute atomic E-state index is 10.9. The summed E-state index contributed by atoms with van der Waals surface area (Å²) >= 11 is 0. The maximum Gasteiger partial charge on any atom is 0.519 e. The van der Waals surface area contributed by atoms with Crippen LogP contribution in [-0.4, -0.2) is 69.1 Å². The largest absolute Gasteiger partial charge is 0.519 e. The molecule has 6 aromatic rings. The number of piperidine rings is 1. The summed E-state index contributed by atoms with van der Waals surface area (Å²) in [6.45, 7) is 11.9. The number of ether oxygens (including phenoxy) is 1. The molecule has 0 atom stereocenters. The lowest BCUT2D eigenvalue weighted by atomic mass is 9.99. The van der Waals surface area contributed by atoms with Crippen molar-refractivity contribution in [3.05, 3.63) is 107 Å². The van der Waals surface area contributed by atoms with E-state index in [1.165, 1.54) is 19.3 Å². The summed E-state index contributed by atoms with van der Waals surface area (Å²) in [6.07, 6.45) is 7.58. The second-order valence-corrected chi connectivity index (χ2v) is 13.2. The molecule has 0 unspecified atom stereocenters. The van der Waals surface area contributed by atoms with Crippen molar-refractivity contribution < 1.29 is 27.6 Å². The molecule has 1 aliphatic heterocycles. The number of hydrogen-bond donors (Lipinski definition) is 4. The Bertz CT molecular complexity index is 2330. The first-order valence-corrected chi connectivity index (χ1v) is 18.4. The summed E-state index contributed by atoms with van der Waals surface area (Å²) in [5, 5.41) is 19.3. The number of hydrogen-bond acceptors (Lipinski definition) is 15. The topological polar surface area (TPSA) is 194 Å². The summed E-state index contributed by atoms with van der Waals surface area (Å²) < 4.78 is 26.0. The third-order valence-corrected chi connectivity index (χ3v) is 8.93. The molecule has 2 aromatic carbocycles. The molecule has 1 fully saturated rings. The van der Waals surface area contributed by atoms with Gasteiger partial charge in [0.15, 0.2) is 35.9 Å². The Morgan fingerprint density at radius 1 is 1.05 bits per heavy atom. The van der Waals surface area contributed by atoms with Crippen LogP contribution < -0.4 is 27.2 Å². The Kier molecular flexibility index (Phi) is 15.0. The van der Waals surface area contributed by atoms with Crippen LogP contribution in [0.3, 0.4) is 0 Å². The lowest BCUT2D eigenvalue weighted by molar-refractivity contribution is -0.130. The molecular formula is C40H47FN10O6. The Labute approximate surface area is 328 Å². The van der Waals surface area contributed by atoms with E-state index in [1.807, 2.05) is 19.4 Å². The van der Waals surface area contributed by atoms with Crippen molar-refractivity contribution in [3.63, 3.8) is 0 Å². The smallest absolute Gasteiger partial charge is 0.460 e. The van der Waals surface area contributed by atoms with E-state index in [9.17, 15) is 14.0 Å². The van der Waals surface area contributed by atoms with Crippen molar-refractivity contribution in [3.8, 4) is 11.3 Å². The fourth-order valence-corrected chi connectivity index (χ4v) is 6.02. The number of aryl methyl sites for hydroxylation is 1. The van der Waals surface area contributed by atoms with Gasteiger partial charge in [0.2, 0.25) is 11.9 Å². The van der Waals surface area contributed by atoms with Crippen LogP contribution in [0.15, 0.2) is 87.0 Å². The van der Waals surface area contributed by atoms with Crippen molar-refractivity contribution in [2.75, 3.05) is 42.8 Å². The first kappa shape index (κ1) is 41.7. The van der Waals surface area contributed by atoms with Gasteiger partial charge in [-0.05, 0) is 54.8 Å². The summed E-state index contributed by atoms with van der Waals surface area (Å²) in [6, 6.07) is 16.8. The molecule has 57 heavy (non-hydrogen) atoms. The summed E-state index contributed by atoms with van der Waals surface area (Å²) in [5.41, 5.74) is 9.60. The highest BCUT2D eigenvalue weighted by Crippen LogP contribution is 2.31. The predicted octanol–water partition coefficient (Wildman–Crippen LogP) is 6.36. The van der Waals surface area contributed by atoms with Crippen molar-refractivity contribution in [2.45, 2.75) is 59.1 Å². The van der Waals surface area contributed by atoms with E-state index in [2.05, 4.69) is 114 Å². The average Bonchev–Trinajstić information content (AvgIpc) is 3.81. The third-order valence-electron chi connectivity index (χ3n) is 8.93. The predicted molar refractivity (Wildman–Crippen MR) is 215 cm³/mol. The van der Waals surface area contributed by atoms with Crippen LogP contribution in [0.5, 0.6) is 0 Å². The van der Waals surface area contributed by atoms with Crippen molar-refractivity contribution in [2.24, 2.45) is 0 Å². The molecule has 4 aromatic heterocycles. The van der Waals surface area contributed by atoms with Gasteiger partial charge in [-0.25, -0.2) is 19.6 Å². The number of anilines is 3. The molecular weight excluding hydrogens is 736 g/mol. The van der Waals surface area contributed by atoms with Gasteiger partial charge in [0.05, 0.1) is 18.6 Å². The number of nitrogens with one attached hydrogen (secondary N) is 4. The second-order valence-electron chi connectivity index (χ2n) is 13.2. The number of rotatable bonds is 14. The summed E-state index contributed by atoms with van der Waals surface area (Å²) in [7, 11) is 1.93. The minimum absolute atomic E-state index is 0.0556. The van der Waals surface area contributed by atoms with Gasteiger partial charge < -0.3 is 29.5 Å². The van der Waals surface area contributed by atoms with Gasteiger partial charge in [-0.3, -0.25) is 14.6 Å². The van der Waals surface area contributed by atoms with E-state index >= 15 is 0 Å². The van der Waals surface area contributed by atoms with Crippen molar-refractivity contribution in [1.29, 1.82) is 0 Å². The minimum Gasteiger partial charge on any atom is -0.460 e. The molecule has 5 heterocycles. The number of halogens is 1. The summed E-state index contributed by atoms with van der Waals surface area (Å²) in [5.74, 6) is 0.352. The Morgan fingerprint density at radius 2 is 1.82 bits per heavy atom. The molecule has 300 valence electrons. The molecule has 1 saturated heterocycles. The number of hydrazine groups is 1. The van der Waals surface area contributed by atoms with E-state index in [-0.39, 0.29) is 31.0 Å². The van der Waals surface area contributed by atoms with Gasteiger partial charge in [0.25, 0.3) is 6.47 Å². The van der Waals surface area contributed by atoms with Gasteiger partial charge in [0, 0.05) is 55.1 Å². The number of aldehydes is 1. The molecule has 1 aliphatic rings. The number of benzene rings is 2. The zero-order chi connectivity index (χ0) is 40.7. The van der Waals surface area contributed by atoms with Crippen LogP contribution >= 0.6 is 0 Å². The molecule has 0 aliphatic carbocycles. The zero-order valence-corrected chi connectivity index (χ0v) is 32.4. The van der Waals surface area contributed by atoms with Gasteiger partial charge in [-0.15, -0.1) is 0 Å². The molecule has 0 amide bonds. The molecule has 0 spiro atoms. The normalized spacial score (nSPS) is 12.6. The van der Waals surface area contributed by atoms with Crippen LogP contribution in [-0.2, 0) is 27.5 Å². The monoisotopic (exact) mass is 782 g/mol. The number of pyridine rings is 1. The Balaban J connectivity index is 0.000000324. The highest BCUT2D eigenvalue weighted by Gasteiger charge is 2.17. The lowest BCUT2D eigenvalue weighted by Gasteiger charge is -2.27. The SMILES string of the molecule is C=C(F)C=O.CNc1ccc2c(-c3ccccc3CNc3nc(NCNN4CCCCC4)nc4c(C(C)C)cnn34)nccc2c1.Cc1oc(=O)oc1COC=O. The van der Waals surface area contributed by atoms with Crippen LogP contribution in [0.25, 0.3) is 27.7 Å². The molecule has 0 saturated carbocycles. The number of allylic oxidation sites excluding steroid dienone is 1. The van der Waals surface area contributed by atoms with E-state index in [0.29, 0.717) is 30.9 Å². The van der Waals surface area contributed by atoms with Crippen LogP contribution in [0.2, 0.25) is 0 Å². The molecule has 0 radical (unpaired) electrons. The standard InChI is InChI=1S/C31H38N10.C6H6O5.C3H3FO/c1-21(2)27-19-36-41-29(27)38-30(35-20-37-40-15-7-4-8-16-40)39-31(41)34-18-23-9-5-6-10-25(23)28-26-12-11-24(32-3)17-22(26)13-14-33-28;1-4-5(2-9-3-7)11-6(8)10-4;1-3(4)2-5/h5-6,9-14,17,19,21,32,37H,4,7-8,15-16,18,20H2,1-3H3,(H2,34,35,38,39);3H,2H2,1H3;2H,1H2. The van der Waals surface area contributed by atoms with Gasteiger partial charge in [0.1, 0.15) is 0 Å². The van der Waals surface area contributed by atoms with Crippen molar-refractivity contribution in [1.82, 2.24) is 35.0 Å². The van der Waals surface area contributed by atoms with Gasteiger partial charge >= 0.3 is 5.82 Å². The number of aromatic nitrogens is 5. The number of nitrogens with zero attached hydrogens (tertiary/aromatic N) is 6. The lowest BCUT2D eigenvalue weighted by Crippen LogP contribution is -2.44. The average molecular weight is 783 g/mol. The van der Waals surface area contributed by atoms with E-state index in [1.54, 1.807) is 11.4 Å². The quantitative estimate of drug-likeness (QED) is 0.0541. The number of carbonyl (C=O) groups is 2. The highest BCUT2D eigenvalue weighted by molar-refractivity contribution is 5.96. The van der Waals surface area contributed by atoms with Gasteiger partial charge in [-0.1, -0.05) is 57.2 Å². The Hall–Kier alpha value is -6.46. The first-order chi connectivity index (χ1) is 27.6. The summed E-state index contributed by atoms with van der Waals surface area (Å²) in [4.78, 5) is 43.6. The highest BCUT2D eigenvalue weighted by atomic mass is 19.1. The van der Waals surface area contributed by atoms with Crippen LogP contribution in [0.4, 0.5) is 22.0 Å². The van der Waals surface area contributed by atoms with E-state index in [0.717, 1.165) is 57.6 Å². The molecule has 4 N–H and O–H groups in total. The van der Waals surface area contributed by atoms with E-state index < -0.39 is 11.6 Å². The second kappa shape index (κ2) is 20.5. The number of carbonyl (C=O) groups excluding carboxylic acids is 2. The molecule has 17 heteroatoms. The zero-order valence-electron chi connectivity index (χ0n) is 32.4. The first-order valence-electron chi connectivity index (χ1n) is 18.4. The number of fused-ring (bicyclic) bond motifs is 2. The Morgan fingerprint density at radius 3 is 2.51 bits per heavy atom. The van der Waals surface area contributed by atoms with Gasteiger partial charge in [-0.2, -0.15) is 19.6 Å². The third kappa shape index (κ3) is 11.3. The maximum atomic E-state index is 10.9. The van der Waals surface area contributed by atoms with Crippen molar-refractivity contribution >= 4 is 46.8 Å². The van der Waals surface area contributed by atoms with E-state index in [4.69, 9.17) is 19.7 Å². The molecule has 0 bridgehead atoms. The fraction of sp³-hybridized carbons (Fsp3) is 0.325. The molecule has 7 rings (SSSR count). The minimum atomic E-state index is -0.926.